The maximum absolute atomic E-state index is 5.66. The Labute approximate surface area is 105 Å². The number of nitrogens with one attached hydrogen (secondary N) is 1. The zero-order valence-corrected chi connectivity index (χ0v) is 11.0. The van der Waals surface area contributed by atoms with Crippen LogP contribution in [0.15, 0.2) is 24.0 Å². The molecule has 0 aromatic rings. The van der Waals surface area contributed by atoms with E-state index >= 15 is 0 Å². The van der Waals surface area contributed by atoms with Crippen LogP contribution in [0.3, 0.4) is 0 Å². The Balaban J connectivity index is 1.98. The lowest BCUT2D eigenvalue weighted by Gasteiger charge is -2.26. The third kappa shape index (κ3) is 3.88. The van der Waals surface area contributed by atoms with E-state index in [0.29, 0.717) is 6.10 Å². The van der Waals surface area contributed by atoms with Crippen molar-refractivity contribution in [1.29, 1.82) is 0 Å². The Morgan fingerprint density at radius 2 is 2.12 bits per heavy atom. The smallest absolute Gasteiger partial charge is 0.117 e. The molecule has 2 heteroatoms. The van der Waals surface area contributed by atoms with E-state index in [1.54, 1.807) is 5.57 Å². The van der Waals surface area contributed by atoms with Crippen LogP contribution in [-0.2, 0) is 4.74 Å². The van der Waals surface area contributed by atoms with E-state index < -0.39 is 0 Å². The zero-order chi connectivity index (χ0) is 11.9. The van der Waals surface area contributed by atoms with Crippen LogP contribution in [0, 0.1) is 5.92 Å². The van der Waals surface area contributed by atoms with Gasteiger partial charge in [0.2, 0.25) is 0 Å². The molecule has 0 aromatic heterocycles. The molecule has 0 aromatic carbocycles. The van der Waals surface area contributed by atoms with Gasteiger partial charge in [0, 0.05) is 6.54 Å². The van der Waals surface area contributed by atoms with Gasteiger partial charge >= 0.3 is 0 Å². The third-order valence-electron chi connectivity index (χ3n) is 3.88. The normalized spacial score (nSPS) is 26.9. The zero-order valence-electron chi connectivity index (χ0n) is 11.0. The second-order valence-corrected chi connectivity index (χ2v) is 5.23. The highest BCUT2D eigenvalue weighted by Gasteiger charge is 2.19. The highest BCUT2D eigenvalue weighted by molar-refractivity contribution is 5.13. The summed E-state index contributed by atoms with van der Waals surface area (Å²) in [4.78, 5) is 0. The van der Waals surface area contributed by atoms with Gasteiger partial charge < -0.3 is 10.1 Å². The molecule has 1 N–H and O–H groups in total. The lowest BCUT2D eigenvalue weighted by molar-refractivity contribution is 0.163. The van der Waals surface area contributed by atoms with Crippen molar-refractivity contribution in [3.63, 3.8) is 0 Å². The van der Waals surface area contributed by atoms with Gasteiger partial charge in [0.15, 0.2) is 0 Å². The van der Waals surface area contributed by atoms with Crippen LogP contribution in [0.4, 0.5) is 0 Å². The molecule has 1 atom stereocenters. The molecule has 0 saturated heterocycles. The summed E-state index contributed by atoms with van der Waals surface area (Å²) in [5, 5.41) is 3.31. The van der Waals surface area contributed by atoms with E-state index in [0.717, 1.165) is 25.3 Å². The predicted octanol–water partition coefficient (Wildman–Crippen LogP) is 3.41. The summed E-state index contributed by atoms with van der Waals surface area (Å²) < 4.78 is 5.66. The molecular formula is C15H25NO. The van der Waals surface area contributed by atoms with Gasteiger partial charge in [-0.05, 0) is 50.8 Å². The van der Waals surface area contributed by atoms with Crippen LogP contribution in [0.2, 0.25) is 0 Å². The number of hydrogen-bond acceptors (Lipinski definition) is 2. The van der Waals surface area contributed by atoms with Crippen LogP contribution < -0.4 is 5.32 Å². The quantitative estimate of drug-likeness (QED) is 0.754. The second kappa shape index (κ2) is 6.85. The molecular weight excluding hydrogens is 210 g/mol. The molecule has 1 aliphatic carbocycles. The Hall–Kier alpha value is -0.760. The maximum Gasteiger partial charge on any atom is 0.117 e. The minimum absolute atomic E-state index is 0.310. The van der Waals surface area contributed by atoms with E-state index in [1.165, 1.54) is 32.1 Å². The number of allylic oxidation sites excluding steroid dienone is 1. The van der Waals surface area contributed by atoms with E-state index in [2.05, 4.69) is 17.5 Å². The summed E-state index contributed by atoms with van der Waals surface area (Å²) in [6.07, 6.45) is 15.9. The first-order chi connectivity index (χ1) is 8.40. The van der Waals surface area contributed by atoms with Crippen molar-refractivity contribution in [3.8, 4) is 0 Å². The predicted molar refractivity (Wildman–Crippen MR) is 71.8 cm³/mol. The van der Waals surface area contributed by atoms with E-state index in [4.69, 9.17) is 4.74 Å². The molecule has 2 rings (SSSR count). The summed E-state index contributed by atoms with van der Waals surface area (Å²) >= 11 is 0. The molecule has 0 bridgehead atoms. The standard InChI is InChI=1S/C15H25NO/c1-16-12-14(13-7-3-2-4-8-13)11-15-9-5-6-10-17-15/h6,10-11,13,15-16H,2-5,7-9,12H2,1H3. The number of rotatable bonds is 4. The van der Waals surface area contributed by atoms with Gasteiger partial charge in [-0.1, -0.05) is 24.8 Å². The fourth-order valence-electron chi connectivity index (χ4n) is 2.93. The summed E-state index contributed by atoms with van der Waals surface area (Å²) in [5.74, 6) is 0.797. The molecule has 1 aliphatic heterocycles. The van der Waals surface area contributed by atoms with E-state index in [1.807, 2.05) is 13.3 Å². The average molecular weight is 235 g/mol. The van der Waals surface area contributed by atoms with Crippen LogP contribution in [0.5, 0.6) is 0 Å². The highest BCUT2D eigenvalue weighted by atomic mass is 16.5. The SMILES string of the molecule is CNCC(=CC1CCC=CO1)C1CCCCC1. The first-order valence-corrected chi connectivity index (χ1v) is 7.06. The van der Waals surface area contributed by atoms with Crippen molar-refractivity contribution in [1.82, 2.24) is 5.32 Å². The van der Waals surface area contributed by atoms with Crippen molar-refractivity contribution in [2.24, 2.45) is 5.92 Å². The number of hydrogen-bond donors (Lipinski definition) is 1. The molecule has 2 aliphatic rings. The molecule has 0 amide bonds. The summed E-state index contributed by atoms with van der Waals surface area (Å²) in [6.45, 7) is 1.02. The minimum Gasteiger partial charge on any atom is -0.494 e. The molecule has 1 saturated carbocycles. The van der Waals surface area contributed by atoms with E-state index in [9.17, 15) is 0 Å². The summed E-state index contributed by atoms with van der Waals surface area (Å²) in [6, 6.07) is 0. The lowest BCUT2D eigenvalue weighted by atomic mass is 9.83. The molecule has 2 nitrogen and oxygen atoms in total. The second-order valence-electron chi connectivity index (χ2n) is 5.23. The van der Waals surface area contributed by atoms with Crippen LogP contribution >= 0.6 is 0 Å². The first kappa shape index (κ1) is 12.7. The van der Waals surface area contributed by atoms with E-state index in [-0.39, 0.29) is 0 Å². The highest BCUT2D eigenvalue weighted by Crippen LogP contribution is 2.30. The Morgan fingerprint density at radius 3 is 2.76 bits per heavy atom. The van der Waals surface area contributed by atoms with Crippen molar-refractivity contribution >= 4 is 0 Å². The molecule has 1 fully saturated rings. The van der Waals surface area contributed by atoms with Gasteiger partial charge in [0.1, 0.15) is 6.10 Å². The first-order valence-electron chi connectivity index (χ1n) is 7.06. The average Bonchev–Trinajstić information content (AvgIpc) is 2.40. The number of ether oxygens (including phenoxy) is 1. The minimum atomic E-state index is 0.310. The van der Waals surface area contributed by atoms with Gasteiger partial charge in [-0.2, -0.15) is 0 Å². The molecule has 1 unspecified atom stereocenters. The topological polar surface area (TPSA) is 21.3 Å². The van der Waals surface area contributed by atoms with Gasteiger partial charge in [0.25, 0.3) is 0 Å². The monoisotopic (exact) mass is 235 g/mol. The summed E-state index contributed by atoms with van der Waals surface area (Å²) in [5.41, 5.74) is 1.58. The van der Waals surface area contributed by atoms with Gasteiger partial charge in [0.05, 0.1) is 6.26 Å². The fourth-order valence-corrected chi connectivity index (χ4v) is 2.93. The third-order valence-corrected chi connectivity index (χ3v) is 3.88. The van der Waals surface area contributed by atoms with Crippen molar-refractivity contribution in [3.05, 3.63) is 24.0 Å². The van der Waals surface area contributed by atoms with Gasteiger partial charge in [-0.15, -0.1) is 0 Å². The number of likely N-dealkylation sites (N-methyl/N-ethyl adjacent to an activating group) is 1. The van der Waals surface area contributed by atoms with Crippen LogP contribution in [-0.4, -0.2) is 19.7 Å². The fraction of sp³-hybridized carbons (Fsp3) is 0.733. The Bertz CT molecular complexity index is 277. The largest absolute Gasteiger partial charge is 0.494 e. The van der Waals surface area contributed by atoms with Crippen LogP contribution in [0.1, 0.15) is 44.9 Å². The van der Waals surface area contributed by atoms with Crippen LogP contribution in [0.25, 0.3) is 0 Å². The maximum atomic E-state index is 5.66. The molecule has 17 heavy (non-hydrogen) atoms. The van der Waals surface area contributed by atoms with Crippen molar-refractivity contribution in [2.75, 3.05) is 13.6 Å². The molecule has 96 valence electrons. The van der Waals surface area contributed by atoms with Crippen molar-refractivity contribution < 1.29 is 4.74 Å². The van der Waals surface area contributed by atoms with Gasteiger partial charge in [-0.3, -0.25) is 0 Å². The van der Waals surface area contributed by atoms with Gasteiger partial charge in [-0.25, -0.2) is 0 Å². The van der Waals surface area contributed by atoms with Crippen molar-refractivity contribution in [2.45, 2.75) is 51.0 Å². The molecule has 1 heterocycles. The Kier molecular flexibility index (Phi) is 5.11. The molecule has 0 spiro atoms. The summed E-state index contributed by atoms with van der Waals surface area (Å²) in [7, 11) is 2.04. The lowest BCUT2D eigenvalue weighted by Crippen LogP contribution is -2.22. The Morgan fingerprint density at radius 1 is 1.29 bits per heavy atom. The molecule has 0 radical (unpaired) electrons.